The number of aryl methyl sites for hydroxylation is 1. The number of nitrogens with zero attached hydrogens (tertiary/aromatic N) is 2. The molecule has 3 aromatic rings. The zero-order chi connectivity index (χ0) is 26.4. The summed E-state index contributed by atoms with van der Waals surface area (Å²) in [5, 5.41) is 4.88. The Kier molecular flexibility index (Phi) is 8.65. The molecule has 2 aromatic heterocycles. The summed E-state index contributed by atoms with van der Waals surface area (Å²) in [5.41, 5.74) is 5.74. The molecule has 200 valence electrons. The number of carbonyl (C=O) groups excluding carboxylic acids is 1. The van der Waals surface area contributed by atoms with E-state index >= 15 is 0 Å². The van der Waals surface area contributed by atoms with E-state index in [1.807, 2.05) is 25.4 Å². The van der Waals surface area contributed by atoms with Crippen LogP contribution in [0.15, 0.2) is 59.9 Å². The Morgan fingerprint density at radius 3 is 2.74 bits per heavy atom. The van der Waals surface area contributed by atoms with E-state index in [1.54, 1.807) is 11.8 Å². The molecule has 2 fully saturated rings. The molecule has 0 amide bonds. The van der Waals surface area contributed by atoms with Crippen molar-refractivity contribution in [3.05, 3.63) is 71.7 Å². The third kappa shape index (κ3) is 6.75. The maximum Gasteiger partial charge on any atom is 0.305 e. The number of carbonyl (C=O) groups is 1. The molecule has 1 aromatic carbocycles. The van der Waals surface area contributed by atoms with Gasteiger partial charge in [0.25, 0.3) is 0 Å². The number of aromatic nitrogens is 2. The largest absolute Gasteiger partial charge is 0.490 e. The molecule has 0 atom stereocenters. The van der Waals surface area contributed by atoms with E-state index in [-0.39, 0.29) is 11.5 Å². The zero-order valence-corrected chi connectivity index (χ0v) is 23.2. The molecule has 2 aliphatic carbocycles. The van der Waals surface area contributed by atoms with E-state index in [1.165, 1.54) is 16.7 Å². The van der Waals surface area contributed by atoms with Gasteiger partial charge < -0.3 is 14.8 Å². The van der Waals surface area contributed by atoms with Crippen LogP contribution in [-0.2, 0) is 21.6 Å². The summed E-state index contributed by atoms with van der Waals surface area (Å²) in [6.07, 6.45) is 11.0. The van der Waals surface area contributed by atoms with Crippen molar-refractivity contribution in [3.8, 4) is 16.9 Å². The summed E-state index contributed by atoms with van der Waals surface area (Å²) in [6, 6.07) is 14.7. The lowest BCUT2D eigenvalue weighted by molar-refractivity contribution is -0.143. The lowest BCUT2D eigenvalue weighted by Gasteiger charge is -2.22. The van der Waals surface area contributed by atoms with Crippen LogP contribution in [-0.4, -0.2) is 34.4 Å². The van der Waals surface area contributed by atoms with Crippen molar-refractivity contribution >= 4 is 17.7 Å². The lowest BCUT2D eigenvalue weighted by Crippen LogP contribution is -2.30. The van der Waals surface area contributed by atoms with E-state index in [0.717, 1.165) is 66.3 Å². The molecular formula is C31H37N3O3S. The van der Waals surface area contributed by atoms with Crippen molar-refractivity contribution in [1.82, 2.24) is 15.3 Å². The Balaban J connectivity index is 1.24. The lowest BCUT2D eigenvalue weighted by atomic mass is 9.94. The van der Waals surface area contributed by atoms with Crippen LogP contribution in [0.3, 0.4) is 0 Å². The molecule has 0 saturated heterocycles. The Labute approximate surface area is 230 Å². The minimum atomic E-state index is -0.107. The van der Waals surface area contributed by atoms with Gasteiger partial charge in [-0.1, -0.05) is 24.3 Å². The highest BCUT2D eigenvalue weighted by Gasteiger charge is 2.46. The van der Waals surface area contributed by atoms with Gasteiger partial charge in [0, 0.05) is 36.5 Å². The monoisotopic (exact) mass is 531 g/mol. The van der Waals surface area contributed by atoms with Gasteiger partial charge in [-0.05, 0) is 93.0 Å². The maximum atomic E-state index is 11.5. The summed E-state index contributed by atoms with van der Waals surface area (Å²) in [7, 11) is 0. The van der Waals surface area contributed by atoms with Crippen LogP contribution in [0.4, 0.5) is 0 Å². The smallest absolute Gasteiger partial charge is 0.305 e. The molecule has 5 rings (SSSR count). The first kappa shape index (κ1) is 26.7. The molecule has 2 saturated carbocycles. The summed E-state index contributed by atoms with van der Waals surface area (Å²) < 4.78 is 11.3. The number of nitrogens with one attached hydrogen (secondary N) is 1. The number of esters is 1. The number of thioether (sulfide) groups is 1. The first-order valence-electron chi connectivity index (χ1n) is 13.8. The minimum absolute atomic E-state index is 0.0966. The third-order valence-corrected chi connectivity index (χ3v) is 8.20. The maximum absolute atomic E-state index is 11.5. The van der Waals surface area contributed by atoms with Gasteiger partial charge >= 0.3 is 5.97 Å². The number of benzene rings is 1. The fraction of sp³-hybridized carbons (Fsp3) is 0.452. The second-order valence-corrected chi connectivity index (χ2v) is 11.3. The molecular weight excluding hydrogens is 494 g/mol. The number of hydrogen-bond donors (Lipinski definition) is 1. The molecule has 6 nitrogen and oxygen atoms in total. The quantitative estimate of drug-likeness (QED) is 0.143. The number of ether oxygens (including phenoxy) is 2. The predicted molar refractivity (Wildman–Crippen MR) is 151 cm³/mol. The molecule has 0 unspecified atom stereocenters. The van der Waals surface area contributed by atoms with E-state index in [9.17, 15) is 4.79 Å². The normalized spacial score (nSPS) is 15.7. The van der Waals surface area contributed by atoms with Gasteiger partial charge in [-0.15, -0.1) is 11.8 Å². The van der Waals surface area contributed by atoms with Crippen molar-refractivity contribution < 1.29 is 14.3 Å². The molecule has 0 spiro atoms. The van der Waals surface area contributed by atoms with Crippen LogP contribution in [0.1, 0.15) is 68.7 Å². The van der Waals surface area contributed by atoms with Gasteiger partial charge in [0.05, 0.1) is 23.4 Å². The highest BCUT2D eigenvalue weighted by Crippen LogP contribution is 2.50. The van der Waals surface area contributed by atoms with Gasteiger partial charge in [0.1, 0.15) is 5.75 Å². The van der Waals surface area contributed by atoms with Crippen molar-refractivity contribution in [3.63, 3.8) is 0 Å². The molecule has 2 aliphatic rings. The van der Waals surface area contributed by atoms with Crippen LogP contribution in [0.2, 0.25) is 0 Å². The number of pyridine rings is 2. The highest BCUT2D eigenvalue weighted by molar-refractivity contribution is 7.99. The zero-order valence-electron chi connectivity index (χ0n) is 22.4. The summed E-state index contributed by atoms with van der Waals surface area (Å²) in [4.78, 5) is 21.0. The summed E-state index contributed by atoms with van der Waals surface area (Å²) in [6.45, 7) is 5.12. The van der Waals surface area contributed by atoms with Crippen molar-refractivity contribution in [2.75, 3.05) is 12.4 Å². The summed E-state index contributed by atoms with van der Waals surface area (Å²) in [5.74, 6) is 1.79. The van der Waals surface area contributed by atoms with Gasteiger partial charge in [0.15, 0.2) is 0 Å². The Morgan fingerprint density at radius 1 is 1.11 bits per heavy atom. The minimum Gasteiger partial charge on any atom is -0.490 e. The van der Waals surface area contributed by atoms with Gasteiger partial charge in [-0.25, -0.2) is 4.98 Å². The SMILES string of the molecule is CCOC(=O)CCCCSc1ccc(C)c(CNC2(c3cnccc3-c3ccccc3OC3CC3)CC2)n1. The van der Waals surface area contributed by atoms with Crippen LogP contribution in [0.5, 0.6) is 5.75 Å². The molecule has 38 heavy (non-hydrogen) atoms. The number of para-hydroxylation sites is 1. The molecule has 0 radical (unpaired) electrons. The predicted octanol–water partition coefficient (Wildman–Crippen LogP) is 6.60. The average Bonchev–Trinajstić information content (AvgIpc) is 3.86. The van der Waals surface area contributed by atoms with Crippen molar-refractivity contribution in [2.45, 2.75) is 82.0 Å². The first-order valence-corrected chi connectivity index (χ1v) is 14.8. The standard InChI is InChI=1S/C31H37N3O3S/c1-3-36-30(35)10-6-7-19-38-29-14-11-22(2)27(34-29)21-33-31(16-17-31)26-20-32-18-15-24(26)25-8-4-5-9-28(25)37-23-12-13-23/h4-5,8-9,11,14-15,18,20,23,33H,3,6-7,10,12-13,16-17,19,21H2,1-2H3. The van der Waals surface area contributed by atoms with Crippen LogP contribution >= 0.6 is 11.8 Å². The summed E-state index contributed by atoms with van der Waals surface area (Å²) >= 11 is 1.75. The highest BCUT2D eigenvalue weighted by atomic mass is 32.2. The first-order chi connectivity index (χ1) is 18.6. The van der Waals surface area contributed by atoms with Gasteiger partial charge in [-0.2, -0.15) is 0 Å². The van der Waals surface area contributed by atoms with Crippen molar-refractivity contribution in [2.24, 2.45) is 0 Å². The number of hydrogen-bond acceptors (Lipinski definition) is 7. The van der Waals surface area contributed by atoms with E-state index in [0.29, 0.717) is 25.7 Å². The molecule has 7 heteroatoms. The van der Waals surface area contributed by atoms with E-state index in [4.69, 9.17) is 14.5 Å². The van der Waals surface area contributed by atoms with Crippen LogP contribution < -0.4 is 10.1 Å². The van der Waals surface area contributed by atoms with Crippen LogP contribution in [0.25, 0.3) is 11.1 Å². The van der Waals surface area contributed by atoms with Gasteiger partial charge in [-0.3, -0.25) is 9.78 Å². The Morgan fingerprint density at radius 2 is 1.95 bits per heavy atom. The molecule has 1 N–H and O–H groups in total. The number of rotatable bonds is 14. The van der Waals surface area contributed by atoms with Crippen molar-refractivity contribution in [1.29, 1.82) is 0 Å². The molecule has 0 aliphatic heterocycles. The average molecular weight is 532 g/mol. The second kappa shape index (κ2) is 12.3. The second-order valence-electron chi connectivity index (χ2n) is 10.2. The fourth-order valence-electron chi connectivity index (χ4n) is 4.68. The topological polar surface area (TPSA) is 73.3 Å². The fourth-order valence-corrected chi connectivity index (χ4v) is 5.58. The Bertz CT molecular complexity index is 1260. The number of unbranched alkanes of at least 4 members (excludes halogenated alkanes) is 1. The Hall–Kier alpha value is -2.90. The van der Waals surface area contributed by atoms with E-state index in [2.05, 4.69) is 53.6 Å². The van der Waals surface area contributed by atoms with E-state index < -0.39 is 0 Å². The van der Waals surface area contributed by atoms with Crippen LogP contribution in [0, 0.1) is 6.92 Å². The molecule has 0 bridgehead atoms. The third-order valence-electron chi connectivity index (χ3n) is 7.18. The van der Waals surface area contributed by atoms with Gasteiger partial charge in [0.2, 0.25) is 0 Å². The molecule has 2 heterocycles.